The molecule has 1 unspecified atom stereocenters. The highest BCUT2D eigenvalue weighted by atomic mass is 32.2. The molecule has 0 spiro atoms. The highest BCUT2D eigenvalue weighted by Gasteiger charge is 2.12. The van der Waals surface area contributed by atoms with Gasteiger partial charge in [0.15, 0.2) is 15.9 Å². The van der Waals surface area contributed by atoms with Crippen molar-refractivity contribution in [2.75, 3.05) is 5.32 Å². The second kappa shape index (κ2) is 6.50. The van der Waals surface area contributed by atoms with Gasteiger partial charge in [0, 0.05) is 5.69 Å². The molecule has 0 aliphatic heterocycles. The normalized spacial score (nSPS) is 12.2. The van der Waals surface area contributed by atoms with E-state index >= 15 is 0 Å². The molecule has 2 aromatic carbocycles. The molecular weight excluding hydrogens is 354 g/mol. The molecule has 1 atom stereocenters. The van der Waals surface area contributed by atoms with Crippen molar-refractivity contribution in [3.8, 4) is 5.95 Å². The molecule has 0 amide bonds. The number of nitrogens with zero attached hydrogens (tertiary/aromatic N) is 4. The molecular formula is C16H14N7O2S+. The van der Waals surface area contributed by atoms with Crippen LogP contribution in [-0.2, 0) is 15.2 Å². The van der Waals surface area contributed by atoms with Gasteiger partial charge in [0.05, 0.1) is 11.0 Å². The molecule has 130 valence electrons. The van der Waals surface area contributed by atoms with Gasteiger partial charge in [-0.1, -0.05) is 16.3 Å². The van der Waals surface area contributed by atoms with Gasteiger partial charge in [0.1, 0.15) is 6.33 Å². The third kappa shape index (κ3) is 2.98. The fourth-order valence-corrected chi connectivity index (χ4v) is 2.97. The Hall–Kier alpha value is -3.37. The summed E-state index contributed by atoms with van der Waals surface area (Å²) in [6, 6.07) is 14.0. The molecule has 0 fully saturated rings. The lowest BCUT2D eigenvalue weighted by Crippen LogP contribution is -2.18. The Morgan fingerprint density at radius 3 is 2.62 bits per heavy atom. The number of imidazole rings is 1. The fraction of sp³-hybridized carbons (Fsp3) is 0. The lowest BCUT2D eigenvalue weighted by Gasteiger charge is -2.06. The fourth-order valence-electron chi connectivity index (χ4n) is 2.53. The van der Waals surface area contributed by atoms with Gasteiger partial charge in [-0.2, -0.15) is 4.98 Å². The number of rotatable bonds is 4. The van der Waals surface area contributed by atoms with Crippen LogP contribution in [0.5, 0.6) is 0 Å². The number of anilines is 2. The number of para-hydroxylation sites is 2. The average molecular weight is 368 g/mol. The van der Waals surface area contributed by atoms with Crippen LogP contribution in [0.3, 0.4) is 0 Å². The van der Waals surface area contributed by atoms with Gasteiger partial charge in [-0.3, -0.25) is 0 Å². The minimum absolute atomic E-state index is 0.201. The largest absolute Gasteiger partial charge is 0.333 e. The van der Waals surface area contributed by atoms with E-state index < -0.39 is 11.0 Å². The van der Waals surface area contributed by atoms with Gasteiger partial charge in [0.25, 0.3) is 0 Å². The predicted molar refractivity (Wildman–Crippen MR) is 98.9 cm³/mol. The van der Waals surface area contributed by atoms with Crippen molar-refractivity contribution in [3.05, 3.63) is 65.3 Å². The summed E-state index contributed by atoms with van der Waals surface area (Å²) in [5.41, 5.74) is 1.72. The van der Waals surface area contributed by atoms with Crippen molar-refractivity contribution in [1.82, 2.24) is 24.5 Å². The van der Waals surface area contributed by atoms with Crippen LogP contribution in [0.2, 0.25) is 0 Å². The summed E-state index contributed by atoms with van der Waals surface area (Å²) < 4.78 is 12.6. The first-order valence-electron chi connectivity index (χ1n) is 7.60. The molecule has 0 saturated carbocycles. The third-order valence-electron chi connectivity index (χ3n) is 3.73. The van der Waals surface area contributed by atoms with Gasteiger partial charge in [-0.15, -0.1) is 5.14 Å². The zero-order valence-electron chi connectivity index (χ0n) is 13.3. The maximum atomic E-state index is 12.3. The van der Waals surface area contributed by atoms with E-state index in [0.29, 0.717) is 21.6 Å². The standard InChI is InChI=1S/C16H13N7O2S/c17-26(25)11-7-5-10(6-8-11)20-14-18-9-19-15(22-14)23-13-4-2-1-3-12(13)21-16(23)24/h1-9H,(H2,17,25)(H,21,24)(H,18,19,20,22)/p+1. The monoisotopic (exact) mass is 368 g/mol. The predicted octanol–water partition coefficient (Wildman–Crippen LogP) is 1.18. The highest BCUT2D eigenvalue weighted by Crippen LogP contribution is 2.16. The van der Waals surface area contributed by atoms with Crippen molar-refractivity contribution in [3.63, 3.8) is 0 Å². The van der Waals surface area contributed by atoms with Crippen LogP contribution in [0, 0.1) is 0 Å². The molecule has 2 heterocycles. The zero-order valence-corrected chi connectivity index (χ0v) is 14.2. The first-order chi connectivity index (χ1) is 12.6. The smallest absolute Gasteiger partial charge is 0.324 e. The number of aromatic nitrogens is 5. The highest BCUT2D eigenvalue weighted by molar-refractivity contribution is 7.82. The van der Waals surface area contributed by atoms with E-state index in [1.54, 1.807) is 36.4 Å². The van der Waals surface area contributed by atoms with Crippen molar-refractivity contribution >= 4 is 33.7 Å². The molecule has 4 rings (SSSR count). The van der Waals surface area contributed by atoms with E-state index in [-0.39, 0.29) is 17.6 Å². The van der Waals surface area contributed by atoms with Crippen molar-refractivity contribution in [2.45, 2.75) is 4.90 Å². The molecule has 10 heteroatoms. The number of fused-ring (bicyclic) bond motifs is 1. The summed E-state index contributed by atoms with van der Waals surface area (Å²) in [7, 11) is -1.88. The first kappa shape index (κ1) is 16.1. The van der Waals surface area contributed by atoms with Crippen molar-refractivity contribution in [1.29, 1.82) is 0 Å². The molecule has 9 nitrogen and oxygen atoms in total. The van der Waals surface area contributed by atoms with Crippen LogP contribution in [0.1, 0.15) is 0 Å². The zero-order chi connectivity index (χ0) is 18.1. The van der Waals surface area contributed by atoms with E-state index in [1.165, 1.54) is 10.9 Å². The van der Waals surface area contributed by atoms with Crippen LogP contribution >= 0.6 is 0 Å². The molecule has 0 radical (unpaired) electrons. The number of H-pyrrole nitrogens is 1. The number of nitrogens with one attached hydrogen (secondary N) is 2. The number of aromatic amines is 1. The summed E-state index contributed by atoms with van der Waals surface area (Å²) in [5, 5.41) is 8.39. The SMILES string of the molecule is N[SH+](=O)c1ccc(Nc2ncnc(-n3c(=O)[nH]c4ccccc43)n2)cc1. The maximum absolute atomic E-state index is 12.3. The van der Waals surface area contributed by atoms with E-state index in [9.17, 15) is 9.00 Å². The Bertz CT molecular complexity index is 1170. The Kier molecular flexibility index (Phi) is 4.03. The minimum atomic E-state index is -1.88. The van der Waals surface area contributed by atoms with Crippen LogP contribution in [0.15, 0.2) is 64.5 Å². The average Bonchev–Trinajstić information content (AvgIpc) is 2.98. The lowest BCUT2D eigenvalue weighted by atomic mass is 10.3. The second-order valence-electron chi connectivity index (χ2n) is 5.39. The van der Waals surface area contributed by atoms with E-state index in [0.717, 1.165) is 0 Å². The molecule has 4 N–H and O–H groups in total. The van der Waals surface area contributed by atoms with Gasteiger partial charge < -0.3 is 10.3 Å². The van der Waals surface area contributed by atoms with Crippen molar-refractivity contribution < 1.29 is 4.21 Å². The second-order valence-corrected chi connectivity index (χ2v) is 6.56. The molecule has 0 saturated heterocycles. The molecule has 0 bridgehead atoms. The van der Waals surface area contributed by atoms with Crippen molar-refractivity contribution in [2.24, 2.45) is 5.14 Å². The molecule has 4 aromatic rings. The lowest BCUT2D eigenvalue weighted by molar-refractivity contribution is 0.596. The Morgan fingerprint density at radius 2 is 1.85 bits per heavy atom. The number of hydrogen-bond donors (Lipinski definition) is 3. The maximum Gasteiger partial charge on any atom is 0.333 e. The van der Waals surface area contributed by atoms with Gasteiger partial charge in [-0.05, 0) is 36.4 Å². The topological polar surface area (TPSA) is 132 Å². The van der Waals surface area contributed by atoms with E-state index in [2.05, 4.69) is 25.3 Å². The van der Waals surface area contributed by atoms with Gasteiger partial charge in [-0.25, -0.2) is 19.3 Å². The first-order valence-corrected chi connectivity index (χ1v) is 8.93. The van der Waals surface area contributed by atoms with Crippen LogP contribution in [-0.4, -0.2) is 24.5 Å². The summed E-state index contributed by atoms with van der Waals surface area (Å²) in [6.45, 7) is 0. The number of nitrogens with two attached hydrogens (primary N) is 1. The molecule has 26 heavy (non-hydrogen) atoms. The number of thiol groups is 1. The molecule has 0 aliphatic carbocycles. The van der Waals surface area contributed by atoms with E-state index in [4.69, 9.17) is 5.14 Å². The van der Waals surface area contributed by atoms with E-state index in [1.807, 2.05) is 12.1 Å². The summed E-state index contributed by atoms with van der Waals surface area (Å²) in [5.74, 6) is 0.476. The Balaban J connectivity index is 1.69. The van der Waals surface area contributed by atoms with Gasteiger partial charge in [0.2, 0.25) is 11.9 Å². The quantitative estimate of drug-likeness (QED) is 0.366. The summed E-state index contributed by atoms with van der Waals surface area (Å²) in [6.07, 6.45) is 1.32. The molecule has 0 aliphatic rings. The number of benzene rings is 2. The third-order valence-corrected chi connectivity index (χ3v) is 4.53. The minimum Gasteiger partial charge on any atom is -0.324 e. The summed E-state index contributed by atoms with van der Waals surface area (Å²) >= 11 is 0. The van der Waals surface area contributed by atoms with Crippen LogP contribution in [0.25, 0.3) is 17.0 Å². The van der Waals surface area contributed by atoms with Gasteiger partial charge >= 0.3 is 5.69 Å². The Labute approximate surface area is 149 Å². The summed E-state index contributed by atoms with van der Waals surface area (Å²) in [4.78, 5) is 28.0. The van der Waals surface area contributed by atoms with Crippen LogP contribution < -0.4 is 16.1 Å². The molecule has 2 aromatic heterocycles. The Morgan fingerprint density at radius 1 is 1.08 bits per heavy atom. The number of hydrogen-bond acceptors (Lipinski definition) is 6. The van der Waals surface area contributed by atoms with Crippen LogP contribution in [0.4, 0.5) is 11.6 Å².